The van der Waals surface area contributed by atoms with Crippen molar-refractivity contribution in [1.29, 1.82) is 0 Å². The second-order valence-electron chi connectivity index (χ2n) is 5.49. The molecule has 1 aliphatic rings. The fourth-order valence-electron chi connectivity index (χ4n) is 2.42. The SMILES string of the molecule is O=C(CCC(=O)c1ccc(F)c(F)c1)NCCN1CCNCC1. The molecule has 0 atom stereocenters. The van der Waals surface area contributed by atoms with E-state index in [9.17, 15) is 18.4 Å². The van der Waals surface area contributed by atoms with Crippen molar-refractivity contribution in [1.82, 2.24) is 15.5 Å². The monoisotopic (exact) mass is 325 g/mol. The summed E-state index contributed by atoms with van der Waals surface area (Å²) in [7, 11) is 0. The van der Waals surface area contributed by atoms with E-state index in [0.29, 0.717) is 6.54 Å². The number of Topliss-reactive ketones (excluding diaryl/α,β-unsaturated/α-hetero) is 1. The first-order valence-corrected chi connectivity index (χ1v) is 7.74. The van der Waals surface area contributed by atoms with Crippen LogP contribution in [0.25, 0.3) is 0 Å². The van der Waals surface area contributed by atoms with E-state index < -0.39 is 11.6 Å². The Labute approximate surface area is 134 Å². The maximum absolute atomic E-state index is 13.1. The van der Waals surface area contributed by atoms with Crippen LogP contribution in [0, 0.1) is 11.6 Å². The lowest BCUT2D eigenvalue weighted by Gasteiger charge is -2.27. The molecule has 1 amide bonds. The number of benzene rings is 1. The first kappa shape index (κ1) is 17.5. The Morgan fingerprint density at radius 1 is 1.13 bits per heavy atom. The zero-order chi connectivity index (χ0) is 16.7. The summed E-state index contributed by atoms with van der Waals surface area (Å²) in [6, 6.07) is 3.00. The van der Waals surface area contributed by atoms with E-state index in [4.69, 9.17) is 0 Å². The van der Waals surface area contributed by atoms with Gasteiger partial charge in [-0.15, -0.1) is 0 Å². The topological polar surface area (TPSA) is 61.4 Å². The molecule has 0 bridgehead atoms. The standard InChI is InChI=1S/C16H21F2N3O2/c17-13-2-1-12(11-14(13)18)15(22)3-4-16(23)20-7-10-21-8-5-19-6-9-21/h1-2,11,19H,3-10H2,(H,20,23). The van der Waals surface area contributed by atoms with Crippen molar-refractivity contribution in [3.05, 3.63) is 35.4 Å². The number of piperazine rings is 1. The third-order valence-corrected chi connectivity index (χ3v) is 3.78. The third kappa shape index (κ3) is 5.69. The number of carbonyl (C=O) groups excluding carboxylic acids is 2. The number of nitrogens with one attached hydrogen (secondary N) is 2. The molecule has 7 heteroatoms. The molecular weight excluding hydrogens is 304 g/mol. The largest absolute Gasteiger partial charge is 0.355 e. The van der Waals surface area contributed by atoms with Crippen molar-refractivity contribution >= 4 is 11.7 Å². The van der Waals surface area contributed by atoms with Crippen molar-refractivity contribution in [3.63, 3.8) is 0 Å². The van der Waals surface area contributed by atoms with Crippen molar-refractivity contribution in [2.45, 2.75) is 12.8 Å². The lowest BCUT2D eigenvalue weighted by Crippen LogP contribution is -2.46. The molecule has 1 aliphatic heterocycles. The van der Waals surface area contributed by atoms with Crippen LogP contribution in [0.2, 0.25) is 0 Å². The van der Waals surface area contributed by atoms with E-state index in [2.05, 4.69) is 15.5 Å². The molecule has 0 radical (unpaired) electrons. The highest BCUT2D eigenvalue weighted by atomic mass is 19.2. The number of nitrogens with zero attached hydrogens (tertiary/aromatic N) is 1. The molecule has 1 aromatic rings. The highest BCUT2D eigenvalue weighted by Gasteiger charge is 2.13. The molecule has 2 rings (SSSR count). The fraction of sp³-hybridized carbons (Fsp3) is 0.500. The van der Waals surface area contributed by atoms with E-state index in [1.54, 1.807) is 0 Å². The van der Waals surface area contributed by atoms with Crippen LogP contribution in [0.3, 0.4) is 0 Å². The Morgan fingerprint density at radius 2 is 1.87 bits per heavy atom. The Kier molecular flexibility index (Phi) is 6.61. The summed E-state index contributed by atoms with van der Waals surface area (Å²) in [5.74, 6) is -2.64. The van der Waals surface area contributed by atoms with Crippen molar-refractivity contribution < 1.29 is 18.4 Å². The lowest BCUT2D eigenvalue weighted by atomic mass is 10.1. The molecule has 23 heavy (non-hydrogen) atoms. The predicted octanol–water partition coefficient (Wildman–Crippen LogP) is 0.949. The average Bonchev–Trinajstić information content (AvgIpc) is 2.56. The van der Waals surface area contributed by atoms with Gasteiger partial charge in [0, 0.05) is 57.7 Å². The summed E-state index contributed by atoms with van der Waals surface area (Å²) in [5.41, 5.74) is 0.0810. The number of amides is 1. The maximum Gasteiger partial charge on any atom is 0.220 e. The maximum atomic E-state index is 13.1. The summed E-state index contributed by atoms with van der Waals surface area (Å²) in [6.45, 7) is 5.16. The normalized spacial score (nSPS) is 15.4. The number of hydrogen-bond donors (Lipinski definition) is 2. The third-order valence-electron chi connectivity index (χ3n) is 3.78. The first-order chi connectivity index (χ1) is 11.1. The van der Waals surface area contributed by atoms with Gasteiger partial charge in [-0.3, -0.25) is 14.5 Å². The van der Waals surface area contributed by atoms with Crippen LogP contribution in [0.5, 0.6) is 0 Å². The minimum absolute atomic E-state index is 0.0233. The van der Waals surface area contributed by atoms with Gasteiger partial charge in [-0.05, 0) is 18.2 Å². The molecule has 0 spiro atoms. The van der Waals surface area contributed by atoms with E-state index in [1.807, 2.05) is 0 Å². The quantitative estimate of drug-likeness (QED) is 0.733. The van der Waals surface area contributed by atoms with Crippen LogP contribution in [0.1, 0.15) is 23.2 Å². The molecule has 5 nitrogen and oxygen atoms in total. The van der Waals surface area contributed by atoms with Gasteiger partial charge in [0.2, 0.25) is 5.91 Å². The molecule has 2 N–H and O–H groups in total. The molecule has 0 saturated carbocycles. The minimum Gasteiger partial charge on any atom is -0.355 e. The number of rotatable bonds is 7. The van der Waals surface area contributed by atoms with Crippen LogP contribution in [0.4, 0.5) is 8.78 Å². The molecular formula is C16H21F2N3O2. The van der Waals surface area contributed by atoms with Gasteiger partial charge < -0.3 is 10.6 Å². The van der Waals surface area contributed by atoms with Gasteiger partial charge in [-0.2, -0.15) is 0 Å². The van der Waals surface area contributed by atoms with Gasteiger partial charge in [0.15, 0.2) is 17.4 Å². The second kappa shape index (κ2) is 8.69. The van der Waals surface area contributed by atoms with Gasteiger partial charge in [0.1, 0.15) is 0 Å². The van der Waals surface area contributed by atoms with E-state index in [-0.39, 0.29) is 30.1 Å². The summed E-state index contributed by atoms with van der Waals surface area (Å²) in [5, 5.41) is 6.02. The van der Waals surface area contributed by atoms with Crippen LogP contribution in [-0.2, 0) is 4.79 Å². The van der Waals surface area contributed by atoms with Gasteiger partial charge in [-0.1, -0.05) is 0 Å². The number of ketones is 1. The second-order valence-corrected chi connectivity index (χ2v) is 5.49. The van der Waals surface area contributed by atoms with Crippen molar-refractivity contribution in [2.75, 3.05) is 39.3 Å². The molecule has 1 aromatic carbocycles. The zero-order valence-corrected chi connectivity index (χ0v) is 12.9. The highest BCUT2D eigenvalue weighted by molar-refractivity contribution is 5.97. The molecule has 126 valence electrons. The average molecular weight is 325 g/mol. The Morgan fingerprint density at radius 3 is 2.57 bits per heavy atom. The summed E-state index contributed by atoms with van der Waals surface area (Å²) in [6.07, 6.45) is 0.0178. The van der Waals surface area contributed by atoms with Crippen molar-refractivity contribution in [3.8, 4) is 0 Å². The molecule has 0 aliphatic carbocycles. The number of hydrogen-bond acceptors (Lipinski definition) is 4. The summed E-state index contributed by atoms with van der Waals surface area (Å²) >= 11 is 0. The van der Waals surface area contributed by atoms with Gasteiger partial charge in [-0.25, -0.2) is 8.78 Å². The van der Waals surface area contributed by atoms with E-state index in [0.717, 1.165) is 44.9 Å². The van der Waals surface area contributed by atoms with Crippen LogP contribution in [0.15, 0.2) is 18.2 Å². The summed E-state index contributed by atoms with van der Waals surface area (Å²) < 4.78 is 25.9. The smallest absolute Gasteiger partial charge is 0.220 e. The number of carbonyl (C=O) groups is 2. The van der Waals surface area contributed by atoms with Gasteiger partial charge >= 0.3 is 0 Å². The first-order valence-electron chi connectivity index (χ1n) is 7.74. The Balaban J connectivity index is 1.67. The molecule has 1 saturated heterocycles. The van der Waals surface area contributed by atoms with Gasteiger partial charge in [0.05, 0.1) is 0 Å². The molecule has 0 unspecified atom stereocenters. The minimum atomic E-state index is -1.06. The van der Waals surface area contributed by atoms with Crippen LogP contribution < -0.4 is 10.6 Å². The van der Waals surface area contributed by atoms with Gasteiger partial charge in [0.25, 0.3) is 0 Å². The van der Waals surface area contributed by atoms with Crippen LogP contribution in [-0.4, -0.2) is 55.9 Å². The zero-order valence-electron chi connectivity index (χ0n) is 12.9. The Bertz CT molecular complexity index is 560. The lowest BCUT2D eigenvalue weighted by molar-refractivity contribution is -0.121. The van der Waals surface area contributed by atoms with E-state index >= 15 is 0 Å². The van der Waals surface area contributed by atoms with Crippen molar-refractivity contribution in [2.24, 2.45) is 0 Å². The highest BCUT2D eigenvalue weighted by Crippen LogP contribution is 2.11. The molecule has 0 aromatic heterocycles. The molecule has 1 heterocycles. The Hall–Kier alpha value is -1.86. The predicted molar refractivity (Wildman–Crippen MR) is 82.2 cm³/mol. The molecule has 1 fully saturated rings. The van der Waals surface area contributed by atoms with E-state index in [1.165, 1.54) is 6.07 Å². The fourth-order valence-corrected chi connectivity index (χ4v) is 2.42. The summed E-state index contributed by atoms with van der Waals surface area (Å²) in [4.78, 5) is 25.8. The number of halogens is 2. The van der Waals surface area contributed by atoms with Crippen LogP contribution >= 0.6 is 0 Å².